The van der Waals surface area contributed by atoms with Gasteiger partial charge in [-0.05, 0) is 11.6 Å². The molecule has 0 aliphatic heterocycles. The second-order valence-corrected chi connectivity index (χ2v) is 2.83. The molecular formula is C8H8ClFO. The predicted molar refractivity (Wildman–Crippen MR) is 42.5 cm³/mol. The van der Waals surface area contributed by atoms with Crippen molar-refractivity contribution in [3.8, 4) is 0 Å². The summed E-state index contributed by atoms with van der Waals surface area (Å²) in [5.41, 5.74) is -1.07. The van der Waals surface area contributed by atoms with Gasteiger partial charge in [0.2, 0.25) is 0 Å². The fourth-order valence-electron chi connectivity index (χ4n) is 0.974. The van der Waals surface area contributed by atoms with E-state index in [1.807, 2.05) is 0 Å². The van der Waals surface area contributed by atoms with Gasteiger partial charge in [-0.2, -0.15) is 0 Å². The highest BCUT2D eigenvalue weighted by atomic mass is 35.5. The SMILES string of the molecule is O=CC1=CC=CC(F)(CCl)C1. The van der Waals surface area contributed by atoms with Gasteiger partial charge in [0.15, 0.2) is 0 Å². The number of allylic oxidation sites excluding steroid dienone is 4. The van der Waals surface area contributed by atoms with Gasteiger partial charge in [-0.15, -0.1) is 11.6 Å². The smallest absolute Gasteiger partial charge is 0.147 e. The lowest BCUT2D eigenvalue weighted by atomic mass is 9.94. The molecule has 1 nitrogen and oxygen atoms in total. The molecule has 0 fully saturated rings. The maximum absolute atomic E-state index is 13.3. The van der Waals surface area contributed by atoms with Gasteiger partial charge < -0.3 is 0 Å². The van der Waals surface area contributed by atoms with Crippen molar-refractivity contribution in [2.24, 2.45) is 0 Å². The number of rotatable bonds is 2. The summed E-state index contributed by atoms with van der Waals surface area (Å²) in [6.07, 6.45) is 5.25. The average Bonchev–Trinajstić information content (AvgIpc) is 2.05. The van der Waals surface area contributed by atoms with Crippen LogP contribution in [-0.2, 0) is 4.79 Å². The van der Waals surface area contributed by atoms with E-state index in [0.717, 1.165) is 0 Å². The van der Waals surface area contributed by atoms with E-state index in [1.54, 1.807) is 6.08 Å². The van der Waals surface area contributed by atoms with Crippen LogP contribution in [0.5, 0.6) is 0 Å². The van der Waals surface area contributed by atoms with Crippen LogP contribution in [0.25, 0.3) is 0 Å². The van der Waals surface area contributed by atoms with Crippen molar-refractivity contribution in [3.63, 3.8) is 0 Å². The number of carbonyl (C=O) groups is 1. The molecule has 0 heterocycles. The van der Waals surface area contributed by atoms with Gasteiger partial charge in [0.1, 0.15) is 12.0 Å². The maximum atomic E-state index is 13.3. The number of aldehydes is 1. The first-order valence-corrected chi connectivity index (χ1v) is 3.82. The minimum Gasteiger partial charge on any atom is -0.298 e. The summed E-state index contributed by atoms with van der Waals surface area (Å²) in [6.45, 7) is 0. The normalized spacial score (nSPS) is 29.8. The minimum atomic E-state index is -1.52. The zero-order valence-electron chi connectivity index (χ0n) is 5.89. The summed E-state index contributed by atoms with van der Waals surface area (Å²) in [6, 6.07) is 0. The van der Waals surface area contributed by atoms with Gasteiger partial charge >= 0.3 is 0 Å². The Balaban J connectivity index is 2.76. The molecule has 11 heavy (non-hydrogen) atoms. The fourth-order valence-corrected chi connectivity index (χ4v) is 1.16. The second-order valence-electron chi connectivity index (χ2n) is 2.56. The fraction of sp³-hybridized carbons (Fsp3) is 0.375. The van der Waals surface area contributed by atoms with Crippen molar-refractivity contribution in [1.82, 2.24) is 0 Å². The van der Waals surface area contributed by atoms with Crippen molar-refractivity contribution in [3.05, 3.63) is 23.8 Å². The van der Waals surface area contributed by atoms with Crippen LogP contribution >= 0.6 is 11.6 Å². The standard InChI is InChI=1S/C8H8ClFO/c9-6-8(10)3-1-2-7(4-8)5-11/h1-3,5H,4,6H2. The van der Waals surface area contributed by atoms with Crippen molar-refractivity contribution in [2.75, 3.05) is 5.88 Å². The largest absolute Gasteiger partial charge is 0.298 e. The predicted octanol–water partition coefficient (Wildman–Crippen LogP) is 2.02. The molecule has 1 atom stereocenters. The number of hydrogen-bond donors (Lipinski definition) is 0. The molecule has 1 aliphatic carbocycles. The van der Waals surface area contributed by atoms with Crippen molar-refractivity contribution in [2.45, 2.75) is 12.1 Å². The monoisotopic (exact) mass is 174 g/mol. The average molecular weight is 175 g/mol. The van der Waals surface area contributed by atoms with Crippen molar-refractivity contribution >= 4 is 17.9 Å². The van der Waals surface area contributed by atoms with E-state index in [0.29, 0.717) is 11.9 Å². The summed E-state index contributed by atoms with van der Waals surface area (Å²) in [4.78, 5) is 10.3. The highest BCUT2D eigenvalue weighted by molar-refractivity contribution is 6.18. The lowest BCUT2D eigenvalue weighted by molar-refractivity contribution is -0.105. The molecule has 0 aromatic carbocycles. The molecule has 0 radical (unpaired) electrons. The lowest BCUT2D eigenvalue weighted by Crippen LogP contribution is -2.24. The number of halogens is 2. The molecule has 3 heteroatoms. The van der Waals surface area contributed by atoms with E-state index in [1.165, 1.54) is 12.2 Å². The van der Waals surface area contributed by atoms with Crippen LogP contribution in [0.3, 0.4) is 0 Å². The van der Waals surface area contributed by atoms with Gasteiger partial charge in [-0.25, -0.2) is 4.39 Å². The van der Waals surface area contributed by atoms with Gasteiger partial charge in [0, 0.05) is 6.42 Å². The third-order valence-electron chi connectivity index (χ3n) is 1.58. The molecule has 0 saturated heterocycles. The van der Waals surface area contributed by atoms with E-state index < -0.39 is 5.67 Å². The van der Waals surface area contributed by atoms with Crippen LogP contribution in [0.4, 0.5) is 4.39 Å². The number of carbonyl (C=O) groups excluding carboxylic acids is 1. The Morgan fingerprint density at radius 3 is 3.09 bits per heavy atom. The Hall–Kier alpha value is -0.630. The topological polar surface area (TPSA) is 17.1 Å². The molecule has 0 bridgehead atoms. The van der Waals surface area contributed by atoms with Crippen LogP contribution in [0.1, 0.15) is 6.42 Å². The highest BCUT2D eigenvalue weighted by Gasteiger charge is 2.28. The van der Waals surface area contributed by atoms with Crippen LogP contribution in [0, 0.1) is 0 Å². The molecule has 1 aliphatic rings. The third-order valence-corrected chi connectivity index (χ3v) is 2.02. The number of alkyl halides is 2. The lowest BCUT2D eigenvalue weighted by Gasteiger charge is -2.20. The molecule has 60 valence electrons. The van der Waals surface area contributed by atoms with Crippen LogP contribution in [0.2, 0.25) is 0 Å². The highest BCUT2D eigenvalue weighted by Crippen LogP contribution is 2.27. The second kappa shape index (κ2) is 3.18. The zero-order valence-corrected chi connectivity index (χ0v) is 6.64. The summed E-state index contributed by atoms with van der Waals surface area (Å²) >= 11 is 5.37. The number of hydrogen-bond acceptors (Lipinski definition) is 1. The summed E-state index contributed by atoms with van der Waals surface area (Å²) < 4.78 is 13.3. The van der Waals surface area contributed by atoms with E-state index in [2.05, 4.69) is 0 Å². The van der Waals surface area contributed by atoms with Crippen molar-refractivity contribution in [1.29, 1.82) is 0 Å². The molecule has 0 amide bonds. The summed E-state index contributed by atoms with van der Waals surface area (Å²) in [7, 11) is 0. The zero-order chi connectivity index (χ0) is 8.32. The van der Waals surface area contributed by atoms with E-state index in [-0.39, 0.29) is 12.3 Å². The summed E-state index contributed by atoms with van der Waals surface area (Å²) in [5.74, 6) is -0.102. The first-order chi connectivity index (χ1) is 5.20. The quantitative estimate of drug-likeness (QED) is 0.463. The van der Waals surface area contributed by atoms with Gasteiger partial charge in [0.05, 0.1) is 5.88 Å². The van der Waals surface area contributed by atoms with Crippen LogP contribution in [0.15, 0.2) is 23.8 Å². The Kier molecular flexibility index (Phi) is 2.45. The van der Waals surface area contributed by atoms with Crippen LogP contribution in [-0.4, -0.2) is 17.8 Å². The minimum absolute atomic E-state index is 0.0938. The van der Waals surface area contributed by atoms with E-state index in [9.17, 15) is 9.18 Å². The Morgan fingerprint density at radius 2 is 2.55 bits per heavy atom. The maximum Gasteiger partial charge on any atom is 0.147 e. The molecule has 0 aromatic heterocycles. The molecule has 1 unspecified atom stereocenters. The van der Waals surface area contributed by atoms with Gasteiger partial charge in [-0.1, -0.05) is 12.2 Å². The first-order valence-electron chi connectivity index (χ1n) is 3.29. The molecular weight excluding hydrogens is 167 g/mol. The van der Waals surface area contributed by atoms with Crippen molar-refractivity contribution < 1.29 is 9.18 Å². The van der Waals surface area contributed by atoms with Gasteiger partial charge in [0.25, 0.3) is 0 Å². The molecule has 0 saturated carbocycles. The molecule has 0 N–H and O–H groups in total. The Morgan fingerprint density at radius 1 is 1.82 bits per heavy atom. The Bertz CT molecular complexity index is 222. The molecule has 0 spiro atoms. The van der Waals surface area contributed by atoms with E-state index in [4.69, 9.17) is 11.6 Å². The van der Waals surface area contributed by atoms with E-state index >= 15 is 0 Å². The summed E-state index contributed by atoms with van der Waals surface area (Å²) in [5, 5.41) is 0. The Labute approximate surface area is 69.5 Å². The molecule has 1 rings (SSSR count). The third kappa shape index (κ3) is 1.90. The molecule has 0 aromatic rings. The first kappa shape index (κ1) is 8.47. The van der Waals surface area contributed by atoms with Crippen LogP contribution < -0.4 is 0 Å². The van der Waals surface area contributed by atoms with Gasteiger partial charge in [-0.3, -0.25) is 4.79 Å².